The molecule has 2 nitrogen and oxygen atoms in total. The van der Waals surface area contributed by atoms with Crippen LogP contribution in [0.15, 0.2) is 36.4 Å². The van der Waals surface area contributed by atoms with E-state index in [0.717, 1.165) is 5.56 Å². The largest absolute Gasteiger partial charge is 0.456 e. The lowest BCUT2D eigenvalue weighted by molar-refractivity contribution is 0.112. The zero-order valence-electron chi connectivity index (χ0n) is 9.61. The van der Waals surface area contributed by atoms with Gasteiger partial charge in [0, 0.05) is 6.07 Å². The number of halogens is 2. The first kappa shape index (κ1) is 12.6. The summed E-state index contributed by atoms with van der Waals surface area (Å²) in [6.07, 6.45) is 0.617. The SMILES string of the molecule is Cc1ccc(F)cc1Oc1cccc(Cl)c1C=O. The minimum atomic E-state index is -0.398. The molecule has 0 heterocycles. The van der Waals surface area contributed by atoms with Crippen LogP contribution < -0.4 is 4.74 Å². The fourth-order valence-electron chi connectivity index (χ4n) is 1.52. The standard InChI is InChI=1S/C14H10ClFO2/c1-9-5-6-10(16)7-14(9)18-13-4-2-3-12(15)11(13)8-17/h2-8H,1H3. The van der Waals surface area contributed by atoms with Crippen molar-refractivity contribution < 1.29 is 13.9 Å². The lowest BCUT2D eigenvalue weighted by Gasteiger charge is -2.11. The molecule has 0 aromatic heterocycles. The molecule has 4 heteroatoms. The predicted molar refractivity (Wildman–Crippen MR) is 68.1 cm³/mol. The van der Waals surface area contributed by atoms with Gasteiger partial charge in [0.05, 0.1) is 10.6 Å². The van der Waals surface area contributed by atoms with Crippen molar-refractivity contribution in [2.75, 3.05) is 0 Å². The van der Waals surface area contributed by atoms with Gasteiger partial charge in [-0.2, -0.15) is 0 Å². The van der Waals surface area contributed by atoms with Crippen LogP contribution in [0.1, 0.15) is 15.9 Å². The quantitative estimate of drug-likeness (QED) is 0.769. The summed E-state index contributed by atoms with van der Waals surface area (Å²) >= 11 is 5.88. The molecule has 2 aromatic carbocycles. The van der Waals surface area contributed by atoms with Crippen LogP contribution >= 0.6 is 11.6 Å². The molecular formula is C14H10ClFO2. The third-order valence-electron chi connectivity index (χ3n) is 2.50. The Morgan fingerprint density at radius 3 is 2.72 bits per heavy atom. The Kier molecular flexibility index (Phi) is 3.63. The molecule has 92 valence electrons. The van der Waals surface area contributed by atoms with Gasteiger partial charge in [-0.15, -0.1) is 0 Å². The molecule has 0 N–H and O–H groups in total. The summed E-state index contributed by atoms with van der Waals surface area (Å²) in [5.74, 6) is 0.275. The predicted octanol–water partition coefficient (Wildman–Crippen LogP) is 4.39. The zero-order chi connectivity index (χ0) is 13.1. The molecule has 2 aromatic rings. The molecule has 0 saturated heterocycles. The number of benzene rings is 2. The average molecular weight is 265 g/mol. The van der Waals surface area contributed by atoms with Gasteiger partial charge in [-0.25, -0.2) is 4.39 Å². The lowest BCUT2D eigenvalue weighted by Crippen LogP contribution is -1.93. The van der Waals surface area contributed by atoms with Crippen LogP contribution in [0, 0.1) is 12.7 Å². The number of rotatable bonds is 3. The third kappa shape index (κ3) is 2.51. The van der Waals surface area contributed by atoms with E-state index in [2.05, 4.69) is 0 Å². The maximum absolute atomic E-state index is 13.1. The second-order valence-corrected chi connectivity index (χ2v) is 4.19. The van der Waals surface area contributed by atoms with E-state index in [1.165, 1.54) is 12.1 Å². The van der Waals surface area contributed by atoms with E-state index in [1.807, 2.05) is 0 Å². The molecular weight excluding hydrogens is 255 g/mol. The topological polar surface area (TPSA) is 26.3 Å². The van der Waals surface area contributed by atoms with Gasteiger partial charge in [0.2, 0.25) is 0 Å². The number of aldehydes is 1. The summed E-state index contributed by atoms with van der Waals surface area (Å²) in [7, 11) is 0. The van der Waals surface area contributed by atoms with Gasteiger partial charge in [0.25, 0.3) is 0 Å². The van der Waals surface area contributed by atoms with Crippen molar-refractivity contribution in [2.24, 2.45) is 0 Å². The Bertz CT molecular complexity index is 596. The number of carbonyl (C=O) groups excluding carboxylic acids is 1. The number of hydrogen-bond acceptors (Lipinski definition) is 2. The summed E-state index contributed by atoms with van der Waals surface area (Å²) in [4.78, 5) is 11.0. The van der Waals surface area contributed by atoms with Crippen molar-refractivity contribution in [3.8, 4) is 11.5 Å². The van der Waals surface area contributed by atoms with E-state index in [1.54, 1.807) is 31.2 Å². The molecule has 0 aliphatic carbocycles. The fourth-order valence-corrected chi connectivity index (χ4v) is 1.73. The Balaban J connectivity index is 2.43. The van der Waals surface area contributed by atoms with Crippen molar-refractivity contribution in [2.45, 2.75) is 6.92 Å². The van der Waals surface area contributed by atoms with E-state index in [-0.39, 0.29) is 5.56 Å². The number of carbonyl (C=O) groups is 1. The van der Waals surface area contributed by atoms with Gasteiger partial charge >= 0.3 is 0 Å². The first-order valence-electron chi connectivity index (χ1n) is 5.29. The summed E-state index contributed by atoms with van der Waals surface area (Å²) in [6, 6.07) is 9.09. The van der Waals surface area contributed by atoms with E-state index in [0.29, 0.717) is 22.8 Å². The molecule has 0 amide bonds. The molecule has 0 aliphatic rings. The van der Waals surface area contributed by atoms with Crippen LogP contribution in [0.2, 0.25) is 5.02 Å². The Morgan fingerprint density at radius 1 is 1.22 bits per heavy atom. The fraction of sp³-hybridized carbons (Fsp3) is 0.0714. The highest BCUT2D eigenvalue weighted by atomic mass is 35.5. The smallest absolute Gasteiger partial charge is 0.155 e. The molecule has 18 heavy (non-hydrogen) atoms. The lowest BCUT2D eigenvalue weighted by atomic mass is 10.2. The van der Waals surface area contributed by atoms with Gasteiger partial charge in [-0.05, 0) is 30.7 Å². The molecule has 0 saturated carbocycles. The first-order valence-corrected chi connectivity index (χ1v) is 5.67. The number of aryl methyl sites for hydroxylation is 1. The highest BCUT2D eigenvalue weighted by Crippen LogP contribution is 2.31. The van der Waals surface area contributed by atoms with Crippen molar-refractivity contribution in [1.82, 2.24) is 0 Å². The van der Waals surface area contributed by atoms with Crippen molar-refractivity contribution in [3.63, 3.8) is 0 Å². The van der Waals surface area contributed by atoms with E-state index < -0.39 is 5.82 Å². The molecule has 0 atom stereocenters. The summed E-state index contributed by atoms with van der Waals surface area (Å²) in [5, 5.41) is 0.302. The van der Waals surface area contributed by atoms with Crippen molar-refractivity contribution >= 4 is 17.9 Å². The Morgan fingerprint density at radius 2 is 2.00 bits per heavy atom. The second-order valence-electron chi connectivity index (χ2n) is 3.78. The first-order chi connectivity index (χ1) is 8.61. The maximum Gasteiger partial charge on any atom is 0.155 e. The number of ether oxygens (including phenoxy) is 1. The van der Waals surface area contributed by atoms with Crippen LogP contribution in [-0.4, -0.2) is 6.29 Å². The van der Waals surface area contributed by atoms with Gasteiger partial charge in [0.1, 0.15) is 17.3 Å². The second kappa shape index (κ2) is 5.19. The maximum atomic E-state index is 13.1. The van der Waals surface area contributed by atoms with Crippen molar-refractivity contribution in [3.05, 3.63) is 58.4 Å². The van der Waals surface area contributed by atoms with Crippen molar-refractivity contribution in [1.29, 1.82) is 0 Å². The van der Waals surface area contributed by atoms with E-state index in [4.69, 9.17) is 16.3 Å². The minimum Gasteiger partial charge on any atom is -0.456 e. The van der Waals surface area contributed by atoms with Gasteiger partial charge in [0.15, 0.2) is 6.29 Å². The Labute approximate surface area is 109 Å². The zero-order valence-corrected chi connectivity index (χ0v) is 10.4. The minimum absolute atomic E-state index is 0.253. The molecule has 0 radical (unpaired) electrons. The average Bonchev–Trinajstić information content (AvgIpc) is 2.34. The highest BCUT2D eigenvalue weighted by Gasteiger charge is 2.10. The number of hydrogen-bond donors (Lipinski definition) is 0. The molecule has 0 bridgehead atoms. The third-order valence-corrected chi connectivity index (χ3v) is 2.83. The van der Waals surface area contributed by atoms with Crippen LogP contribution in [-0.2, 0) is 0 Å². The Hall–Kier alpha value is -1.87. The molecule has 0 spiro atoms. The monoisotopic (exact) mass is 264 g/mol. The molecule has 0 unspecified atom stereocenters. The van der Waals surface area contributed by atoms with E-state index in [9.17, 15) is 9.18 Å². The summed E-state index contributed by atoms with van der Waals surface area (Å²) < 4.78 is 18.7. The summed E-state index contributed by atoms with van der Waals surface area (Å²) in [6.45, 7) is 1.79. The van der Waals surface area contributed by atoms with Gasteiger partial charge in [-0.3, -0.25) is 4.79 Å². The normalized spacial score (nSPS) is 10.2. The molecule has 0 fully saturated rings. The van der Waals surface area contributed by atoms with Crippen LogP contribution in [0.4, 0.5) is 4.39 Å². The molecule has 0 aliphatic heterocycles. The van der Waals surface area contributed by atoms with Gasteiger partial charge < -0.3 is 4.74 Å². The summed E-state index contributed by atoms with van der Waals surface area (Å²) in [5.41, 5.74) is 1.02. The van der Waals surface area contributed by atoms with Gasteiger partial charge in [-0.1, -0.05) is 23.7 Å². The van der Waals surface area contributed by atoms with Crippen LogP contribution in [0.5, 0.6) is 11.5 Å². The van der Waals surface area contributed by atoms with Crippen LogP contribution in [0.25, 0.3) is 0 Å². The highest BCUT2D eigenvalue weighted by molar-refractivity contribution is 6.33. The van der Waals surface area contributed by atoms with E-state index >= 15 is 0 Å². The molecule has 2 rings (SSSR count). The van der Waals surface area contributed by atoms with Crippen LogP contribution in [0.3, 0.4) is 0 Å².